The van der Waals surface area contributed by atoms with Crippen LogP contribution in [0.3, 0.4) is 0 Å². The lowest BCUT2D eigenvalue weighted by molar-refractivity contribution is 0.102. The molecule has 0 saturated carbocycles. The predicted octanol–water partition coefficient (Wildman–Crippen LogP) is 5.22. The molecule has 8 heteroatoms. The summed E-state index contributed by atoms with van der Waals surface area (Å²) in [6, 6.07) is 31.1. The maximum absolute atomic E-state index is 12.9. The maximum atomic E-state index is 12.9. The zero-order valence-corrected chi connectivity index (χ0v) is 20.5. The Morgan fingerprint density at radius 1 is 0.722 bits per heavy atom. The molecule has 0 fully saturated rings. The molecule has 0 unspecified atom stereocenters. The number of nitrogens with zero attached hydrogens (tertiary/aromatic N) is 1. The average molecular weight is 503 g/mol. The van der Waals surface area contributed by atoms with Gasteiger partial charge in [0.2, 0.25) is 0 Å². The third-order valence-electron chi connectivity index (χ3n) is 5.37. The molecule has 36 heavy (non-hydrogen) atoms. The number of carbonyl (C=O) groups excluding carboxylic acids is 1. The van der Waals surface area contributed by atoms with E-state index in [-0.39, 0.29) is 10.8 Å². The summed E-state index contributed by atoms with van der Waals surface area (Å²) >= 11 is 0. The second-order valence-corrected chi connectivity index (χ2v) is 9.79. The van der Waals surface area contributed by atoms with Crippen molar-refractivity contribution < 1.29 is 22.7 Å². The molecular weight excluding hydrogens is 476 g/mol. The van der Waals surface area contributed by atoms with Crippen LogP contribution in [0.1, 0.15) is 10.4 Å². The van der Waals surface area contributed by atoms with Gasteiger partial charge in [-0.25, -0.2) is 8.42 Å². The van der Waals surface area contributed by atoms with Crippen LogP contribution in [0.4, 0.5) is 11.4 Å². The van der Waals surface area contributed by atoms with E-state index in [1.54, 1.807) is 60.7 Å². The summed E-state index contributed by atoms with van der Waals surface area (Å²) < 4.78 is 38.3. The molecule has 0 heterocycles. The second-order valence-electron chi connectivity index (χ2n) is 7.82. The first-order valence-corrected chi connectivity index (χ1v) is 12.7. The van der Waals surface area contributed by atoms with Crippen molar-refractivity contribution in [3.05, 3.63) is 115 Å². The molecule has 0 bridgehead atoms. The monoisotopic (exact) mass is 502 g/mol. The van der Waals surface area contributed by atoms with Crippen LogP contribution in [0.25, 0.3) is 0 Å². The SMILES string of the molecule is CN(c1ccccc1)S(=O)(=O)c1ccc(NC(=O)c2ccc(OCCOc3ccccc3)cc2)cc1. The largest absolute Gasteiger partial charge is 0.490 e. The van der Waals surface area contributed by atoms with E-state index < -0.39 is 10.0 Å². The number of anilines is 2. The fourth-order valence-electron chi connectivity index (χ4n) is 3.39. The minimum absolute atomic E-state index is 0.129. The Kier molecular flexibility index (Phi) is 7.87. The molecule has 0 radical (unpaired) electrons. The number of para-hydroxylation sites is 2. The highest BCUT2D eigenvalue weighted by Crippen LogP contribution is 2.23. The van der Waals surface area contributed by atoms with E-state index in [0.29, 0.717) is 35.9 Å². The topological polar surface area (TPSA) is 84.9 Å². The van der Waals surface area contributed by atoms with Gasteiger partial charge >= 0.3 is 0 Å². The highest BCUT2D eigenvalue weighted by atomic mass is 32.2. The van der Waals surface area contributed by atoms with E-state index in [1.807, 2.05) is 36.4 Å². The molecule has 0 spiro atoms. The van der Waals surface area contributed by atoms with Crippen molar-refractivity contribution in [2.45, 2.75) is 4.90 Å². The molecule has 0 aliphatic heterocycles. The molecule has 4 rings (SSSR count). The molecular formula is C28H26N2O5S. The fourth-order valence-corrected chi connectivity index (χ4v) is 4.58. The van der Waals surface area contributed by atoms with Crippen molar-refractivity contribution in [3.8, 4) is 11.5 Å². The Bertz CT molecular complexity index is 1380. The van der Waals surface area contributed by atoms with Gasteiger partial charge in [0.1, 0.15) is 24.7 Å². The van der Waals surface area contributed by atoms with Gasteiger partial charge in [-0.05, 0) is 72.8 Å². The molecule has 184 valence electrons. The van der Waals surface area contributed by atoms with E-state index in [0.717, 1.165) is 5.75 Å². The quantitative estimate of drug-likeness (QED) is 0.301. The van der Waals surface area contributed by atoms with Crippen LogP contribution >= 0.6 is 0 Å². The lowest BCUT2D eigenvalue weighted by atomic mass is 10.2. The standard InChI is InChI=1S/C28H26N2O5S/c1-30(24-8-4-2-5-9-24)36(32,33)27-18-14-23(15-19-27)29-28(31)22-12-16-26(17-13-22)35-21-20-34-25-10-6-3-7-11-25/h2-19H,20-21H2,1H3,(H,29,31). The van der Waals surface area contributed by atoms with Gasteiger partial charge in [0.05, 0.1) is 10.6 Å². The molecule has 1 amide bonds. The summed E-state index contributed by atoms with van der Waals surface area (Å²) in [5.74, 6) is 1.09. The van der Waals surface area contributed by atoms with E-state index >= 15 is 0 Å². The van der Waals surface area contributed by atoms with Crippen LogP contribution < -0.4 is 19.1 Å². The molecule has 7 nitrogen and oxygen atoms in total. The number of ether oxygens (including phenoxy) is 2. The van der Waals surface area contributed by atoms with Gasteiger partial charge in [0, 0.05) is 18.3 Å². The van der Waals surface area contributed by atoms with E-state index in [9.17, 15) is 13.2 Å². The Morgan fingerprint density at radius 3 is 1.83 bits per heavy atom. The van der Waals surface area contributed by atoms with Gasteiger partial charge < -0.3 is 14.8 Å². The third kappa shape index (κ3) is 6.22. The lowest BCUT2D eigenvalue weighted by Crippen LogP contribution is -2.26. The lowest BCUT2D eigenvalue weighted by Gasteiger charge is -2.19. The number of sulfonamides is 1. The maximum Gasteiger partial charge on any atom is 0.264 e. The number of rotatable bonds is 10. The molecule has 0 atom stereocenters. The van der Waals surface area contributed by atoms with Crippen molar-refractivity contribution in [3.63, 3.8) is 0 Å². The molecule has 0 saturated heterocycles. The third-order valence-corrected chi connectivity index (χ3v) is 7.17. The normalized spacial score (nSPS) is 10.9. The Hall–Kier alpha value is -4.30. The highest BCUT2D eigenvalue weighted by Gasteiger charge is 2.21. The Morgan fingerprint density at radius 2 is 1.25 bits per heavy atom. The predicted molar refractivity (Wildman–Crippen MR) is 140 cm³/mol. The van der Waals surface area contributed by atoms with E-state index in [1.165, 1.54) is 23.5 Å². The minimum Gasteiger partial charge on any atom is -0.490 e. The van der Waals surface area contributed by atoms with Crippen LogP contribution in [-0.4, -0.2) is 34.6 Å². The zero-order chi connectivity index (χ0) is 25.4. The van der Waals surface area contributed by atoms with Crippen LogP contribution in [0.5, 0.6) is 11.5 Å². The van der Waals surface area contributed by atoms with Crippen molar-refractivity contribution in [2.75, 3.05) is 29.9 Å². The van der Waals surface area contributed by atoms with Gasteiger partial charge in [-0.2, -0.15) is 0 Å². The Labute approximate surface area is 211 Å². The summed E-state index contributed by atoms with van der Waals surface area (Å²) in [7, 11) is -2.22. The van der Waals surface area contributed by atoms with E-state index in [2.05, 4.69) is 5.32 Å². The van der Waals surface area contributed by atoms with Crippen LogP contribution in [0, 0.1) is 0 Å². The second kappa shape index (κ2) is 11.4. The first-order chi connectivity index (χ1) is 17.4. The number of carbonyl (C=O) groups is 1. The first-order valence-electron chi connectivity index (χ1n) is 11.3. The summed E-state index contributed by atoms with van der Waals surface area (Å²) in [5, 5.41) is 2.78. The van der Waals surface area contributed by atoms with Crippen molar-refractivity contribution in [1.82, 2.24) is 0 Å². The molecule has 4 aromatic rings. The van der Waals surface area contributed by atoms with E-state index in [4.69, 9.17) is 9.47 Å². The number of hydrogen-bond donors (Lipinski definition) is 1. The number of amides is 1. The van der Waals surface area contributed by atoms with Crippen LogP contribution in [0.2, 0.25) is 0 Å². The van der Waals surface area contributed by atoms with Crippen molar-refractivity contribution >= 4 is 27.3 Å². The molecule has 1 N–H and O–H groups in total. The van der Waals surface area contributed by atoms with Gasteiger partial charge in [0.15, 0.2) is 0 Å². The fraction of sp³-hybridized carbons (Fsp3) is 0.107. The van der Waals surface area contributed by atoms with Gasteiger partial charge in [-0.3, -0.25) is 9.10 Å². The number of nitrogens with one attached hydrogen (secondary N) is 1. The molecule has 0 aliphatic carbocycles. The smallest absolute Gasteiger partial charge is 0.264 e. The molecule has 4 aromatic carbocycles. The summed E-state index contributed by atoms with van der Waals surface area (Å²) in [5.41, 5.74) is 1.49. The average Bonchev–Trinajstić information content (AvgIpc) is 2.92. The minimum atomic E-state index is -3.72. The van der Waals surface area contributed by atoms with Gasteiger partial charge in [-0.1, -0.05) is 36.4 Å². The Balaban J connectivity index is 1.30. The first kappa shape index (κ1) is 24.8. The van der Waals surface area contributed by atoms with Crippen molar-refractivity contribution in [2.24, 2.45) is 0 Å². The zero-order valence-electron chi connectivity index (χ0n) is 19.7. The highest BCUT2D eigenvalue weighted by molar-refractivity contribution is 7.92. The summed E-state index contributed by atoms with van der Waals surface area (Å²) in [4.78, 5) is 12.7. The molecule has 0 aliphatic rings. The van der Waals surface area contributed by atoms with Crippen LogP contribution in [-0.2, 0) is 10.0 Å². The van der Waals surface area contributed by atoms with Gasteiger partial charge in [-0.15, -0.1) is 0 Å². The summed E-state index contributed by atoms with van der Waals surface area (Å²) in [6.45, 7) is 0.772. The van der Waals surface area contributed by atoms with Gasteiger partial charge in [0.25, 0.3) is 15.9 Å². The molecule has 0 aromatic heterocycles. The summed E-state index contributed by atoms with van der Waals surface area (Å²) in [6.07, 6.45) is 0. The van der Waals surface area contributed by atoms with Crippen molar-refractivity contribution in [1.29, 1.82) is 0 Å². The van der Waals surface area contributed by atoms with Crippen LogP contribution in [0.15, 0.2) is 114 Å². The number of benzene rings is 4. The number of hydrogen-bond acceptors (Lipinski definition) is 5.